The molecule has 0 N–H and O–H groups in total. The molecule has 1 aromatic heterocycles. The molecule has 2 aliphatic heterocycles. The Balaban J connectivity index is 1.46. The normalized spacial score (nSPS) is 23.9. The third kappa shape index (κ3) is 3.53. The summed E-state index contributed by atoms with van der Waals surface area (Å²) in [7, 11) is 1.81. The van der Waals surface area contributed by atoms with Crippen LogP contribution in [0.3, 0.4) is 0 Å². The Morgan fingerprint density at radius 1 is 1.15 bits per heavy atom. The van der Waals surface area contributed by atoms with Crippen molar-refractivity contribution in [2.24, 2.45) is 7.05 Å². The van der Waals surface area contributed by atoms with Crippen LogP contribution in [-0.2, 0) is 18.3 Å². The number of ether oxygens (including phenoxy) is 1. The van der Waals surface area contributed by atoms with E-state index in [0.29, 0.717) is 0 Å². The molecule has 112 valence electrons. The third-order valence-electron chi connectivity index (χ3n) is 4.25. The lowest BCUT2D eigenvalue weighted by molar-refractivity contribution is 0.0933. The van der Waals surface area contributed by atoms with Crippen molar-refractivity contribution in [2.45, 2.75) is 31.8 Å². The number of tetrazole rings is 1. The Bertz CT molecular complexity index is 407. The van der Waals surface area contributed by atoms with Crippen molar-refractivity contribution >= 4 is 0 Å². The highest BCUT2D eigenvalue weighted by Crippen LogP contribution is 2.18. The standard InChI is InChI=1S/C13H24N6O/c1-17-15-13(14-16-17)11-18-6-3-12(4-7-18)19-5-2-9-20-10-8-19/h12H,2-11H2,1H3. The number of hydrogen-bond acceptors (Lipinski definition) is 6. The molecule has 7 nitrogen and oxygen atoms in total. The van der Waals surface area contributed by atoms with Crippen molar-refractivity contribution in [3.8, 4) is 0 Å². The van der Waals surface area contributed by atoms with E-state index >= 15 is 0 Å². The topological polar surface area (TPSA) is 59.3 Å². The fourth-order valence-electron chi connectivity index (χ4n) is 3.16. The predicted octanol–water partition coefficient (Wildman–Crippen LogP) is -0.103. The van der Waals surface area contributed by atoms with Crippen molar-refractivity contribution < 1.29 is 4.74 Å². The van der Waals surface area contributed by atoms with E-state index in [2.05, 4.69) is 25.2 Å². The van der Waals surface area contributed by atoms with Gasteiger partial charge in [0.25, 0.3) is 0 Å². The van der Waals surface area contributed by atoms with Gasteiger partial charge in [0.2, 0.25) is 0 Å². The lowest BCUT2D eigenvalue weighted by atomic mass is 10.0. The van der Waals surface area contributed by atoms with Gasteiger partial charge in [0.1, 0.15) is 0 Å². The van der Waals surface area contributed by atoms with Gasteiger partial charge in [0.05, 0.1) is 20.2 Å². The highest BCUT2D eigenvalue weighted by molar-refractivity contribution is 4.84. The Labute approximate surface area is 119 Å². The summed E-state index contributed by atoms with van der Waals surface area (Å²) in [6.07, 6.45) is 3.64. The second kappa shape index (κ2) is 6.60. The van der Waals surface area contributed by atoms with Crippen molar-refractivity contribution in [2.75, 3.05) is 39.4 Å². The molecule has 1 aromatic rings. The molecule has 0 aliphatic carbocycles. The molecule has 3 heterocycles. The number of aryl methyl sites for hydroxylation is 1. The minimum absolute atomic E-state index is 0.725. The molecule has 7 heteroatoms. The molecule has 0 spiro atoms. The molecule has 0 atom stereocenters. The summed E-state index contributed by atoms with van der Waals surface area (Å²) >= 11 is 0. The summed E-state index contributed by atoms with van der Waals surface area (Å²) in [6.45, 7) is 7.18. The van der Waals surface area contributed by atoms with Crippen LogP contribution in [0.2, 0.25) is 0 Å². The van der Waals surface area contributed by atoms with Crippen LogP contribution >= 0.6 is 0 Å². The molecule has 0 aromatic carbocycles. The first-order valence-electron chi connectivity index (χ1n) is 7.58. The zero-order valence-electron chi connectivity index (χ0n) is 12.2. The summed E-state index contributed by atoms with van der Waals surface area (Å²) in [4.78, 5) is 6.58. The van der Waals surface area contributed by atoms with Crippen molar-refractivity contribution in [1.29, 1.82) is 0 Å². The van der Waals surface area contributed by atoms with Crippen LogP contribution in [0.4, 0.5) is 0 Å². The minimum atomic E-state index is 0.725. The van der Waals surface area contributed by atoms with E-state index in [-0.39, 0.29) is 0 Å². The SMILES string of the molecule is Cn1nnc(CN2CCC(N3CCCOCC3)CC2)n1. The van der Waals surface area contributed by atoms with Crippen LogP contribution in [0, 0.1) is 0 Å². The molecular weight excluding hydrogens is 256 g/mol. The van der Waals surface area contributed by atoms with Crippen LogP contribution < -0.4 is 0 Å². The molecule has 2 aliphatic rings. The van der Waals surface area contributed by atoms with Gasteiger partial charge in [-0.3, -0.25) is 9.80 Å². The second-order valence-electron chi connectivity index (χ2n) is 5.70. The van der Waals surface area contributed by atoms with Gasteiger partial charge in [-0.1, -0.05) is 0 Å². The molecule has 0 bridgehead atoms. The van der Waals surface area contributed by atoms with Gasteiger partial charge in [-0.15, -0.1) is 10.2 Å². The smallest absolute Gasteiger partial charge is 0.188 e. The van der Waals surface area contributed by atoms with Gasteiger partial charge in [0, 0.05) is 38.8 Å². The van der Waals surface area contributed by atoms with Gasteiger partial charge in [0.15, 0.2) is 5.82 Å². The summed E-state index contributed by atoms with van der Waals surface area (Å²) in [6, 6.07) is 0.725. The maximum atomic E-state index is 5.54. The van der Waals surface area contributed by atoms with Gasteiger partial charge in [-0.2, -0.15) is 4.80 Å². The minimum Gasteiger partial charge on any atom is -0.380 e. The van der Waals surface area contributed by atoms with Crippen LogP contribution in [0.1, 0.15) is 25.1 Å². The van der Waals surface area contributed by atoms with E-state index in [9.17, 15) is 0 Å². The van der Waals surface area contributed by atoms with E-state index in [1.807, 2.05) is 7.05 Å². The molecule has 2 fully saturated rings. The fraction of sp³-hybridized carbons (Fsp3) is 0.923. The summed E-state index contributed by atoms with van der Waals surface area (Å²) in [5.74, 6) is 0.828. The number of hydrogen-bond donors (Lipinski definition) is 0. The second-order valence-corrected chi connectivity index (χ2v) is 5.70. The molecule has 0 radical (unpaired) electrons. The first-order valence-corrected chi connectivity index (χ1v) is 7.58. The van der Waals surface area contributed by atoms with E-state index in [0.717, 1.165) is 51.3 Å². The average molecular weight is 280 g/mol. The van der Waals surface area contributed by atoms with Gasteiger partial charge in [-0.05, 0) is 24.5 Å². The van der Waals surface area contributed by atoms with Crippen molar-refractivity contribution in [3.63, 3.8) is 0 Å². The number of nitrogens with zero attached hydrogens (tertiary/aromatic N) is 6. The van der Waals surface area contributed by atoms with Crippen molar-refractivity contribution in [3.05, 3.63) is 5.82 Å². The van der Waals surface area contributed by atoms with Crippen LogP contribution in [-0.4, -0.2) is 75.4 Å². The zero-order chi connectivity index (χ0) is 13.8. The number of rotatable bonds is 3. The van der Waals surface area contributed by atoms with Crippen LogP contribution in [0.15, 0.2) is 0 Å². The lowest BCUT2D eigenvalue weighted by Gasteiger charge is -2.37. The van der Waals surface area contributed by atoms with E-state index < -0.39 is 0 Å². The largest absolute Gasteiger partial charge is 0.380 e. The van der Waals surface area contributed by atoms with Crippen LogP contribution in [0.25, 0.3) is 0 Å². The predicted molar refractivity (Wildman–Crippen MR) is 74.1 cm³/mol. The molecule has 20 heavy (non-hydrogen) atoms. The van der Waals surface area contributed by atoms with E-state index in [1.165, 1.54) is 30.6 Å². The van der Waals surface area contributed by atoms with Crippen molar-refractivity contribution in [1.82, 2.24) is 30.0 Å². The van der Waals surface area contributed by atoms with Gasteiger partial charge >= 0.3 is 0 Å². The number of aromatic nitrogens is 4. The molecule has 0 amide bonds. The number of piperidine rings is 1. The Hall–Kier alpha value is -1.05. The summed E-state index contributed by atoms with van der Waals surface area (Å²) in [5, 5.41) is 12.2. The molecular formula is C13H24N6O. The molecule has 3 rings (SSSR count). The maximum Gasteiger partial charge on any atom is 0.188 e. The maximum absolute atomic E-state index is 5.54. The average Bonchev–Trinajstić information content (AvgIpc) is 2.72. The van der Waals surface area contributed by atoms with Gasteiger partial charge in [-0.25, -0.2) is 0 Å². The Kier molecular flexibility index (Phi) is 4.59. The van der Waals surface area contributed by atoms with E-state index in [1.54, 1.807) is 0 Å². The quantitative estimate of drug-likeness (QED) is 0.770. The third-order valence-corrected chi connectivity index (χ3v) is 4.25. The fourth-order valence-corrected chi connectivity index (χ4v) is 3.16. The van der Waals surface area contributed by atoms with E-state index in [4.69, 9.17) is 4.74 Å². The Morgan fingerprint density at radius 2 is 2.00 bits per heavy atom. The highest BCUT2D eigenvalue weighted by Gasteiger charge is 2.25. The summed E-state index contributed by atoms with van der Waals surface area (Å²) < 4.78 is 5.54. The highest BCUT2D eigenvalue weighted by atomic mass is 16.5. The van der Waals surface area contributed by atoms with Crippen LogP contribution in [0.5, 0.6) is 0 Å². The first kappa shape index (κ1) is 13.9. The zero-order valence-corrected chi connectivity index (χ0v) is 12.2. The lowest BCUT2D eigenvalue weighted by Crippen LogP contribution is -2.45. The number of likely N-dealkylation sites (tertiary alicyclic amines) is 1. The molecule has 0 unspecified atom stereocenters. The van der Waals surface area contributed by atoms with Gasteiger partial charge < -0.3 is 4.74 Å². The summed E-state index contributed by atoms with van der Waals surface area (Å²) in [5.41, 5.74) is 0. The first-order chi connectivity index (χ1) is 9.81. The Morgan fingerprint density at radius 3 is 2.75 bits per heavy atom. The molecule has 0 saturated carbocycles. The monoisotopic (exact) mass is 280 g/mol. The molecule has 2 saturated heterocycles.